The van der Waals surface area contributed by atoms with Gasteiger partial charge in [-0.1, -0.05) is 0 Å². The van der Waals surface area contributed by atoms with Crippen LogP contribution in [0, 0.1) is 5.82 Å². The zero-order valence-electron chi connectivity index (χ0n) is 15.3. The molecule has 0 radical (unpaired) electrons. The van der Waals surface area contributed by atoms with Crippen molar-refractivity contribution in [1.29, 1.82) is 0 Å². The largest absolute Gasteiger partial charge is 0.376 e. The number of sulfonamides is 1. The molecule has 1 unspecified atom stereocenters. The number of carbonyl (C=O) groups is 1. The minimum Gasteiger partial charge on any atom is -0.376 e. The van der Waals surface area contributed by atoms with E-state index in [1.807, 2.05) is 0 Å². The van der Waals surface area contributed by atoms with Gasteiger partial charge in [0.15, 0.2) is 0 Å². The first-order valence-corrected chi connectivity index (χ1v) is 10.9. The van der Waals surface area contributed by atoms with Crippen molar-refractivity contribution in [2.24, 2.45) is 0 Å². The van der Waals surface area contributed by atoms with Gasteiger partial charge in [-0.25, -0.2) is 12.8 Å². The smallest absolute Gasteiger partial charge is 0.253 e. The minimum atomic E-state index is -3.44. The molecule has 7 nitrogen and oxygen atoms in total. The van der Waals surface area contributed by atoms with Gasteiger partial charge in [0.05, 0.1) is 11.9 Å². The number of rotatable bonds is 7. The van der Waals surface area contributed by atoms with Crippen molar-refractivity contribution in [3.8, 4) is 0 Å². The summed E-state index contributed by atoms with van der Waals surface area (Å²) in [6.45, 7) is 3.23. The molecule has 1 aromatic rings. The Balaban J connectivity index is 1.69. The van der Waals surface area contributed by atoms with Crippen LogP contribution in [0.3, 0.4) is 0 Å². The molecule has 0 bridgehead atoms. The van der Waals surface area contributed by atoms with Gasteiger partial charge in [0.2, 0.25) is 10.0 Å². The standard InChI is InChI=1S/C18H26FN3O4S/c19-16-5-3-15(4-6-16)18(23)21(14-17-2-1-12-26-17)11-13-27(24,25)22-9-7-20-8-10-22/h3-6,17,20H,1-2,7-14H2. The number of nitrogens with zero attached hydrogens (tertiary/aromatic N) is 2. The van der Waals surface area contributed by atoms with E-state index < -0.39 is 15.8 Å². The molecule has 2 heterocycles. The molecule has 0 aromatic heterocycles. The third kappa shape index (κ3) is 5.47. The van der Waals surface area contributed by atoms with Crippen molar-refractivity contribution in [3.63, 3.8) is 0 Å². The van der Waals surface area contributed by atoms with Gasteiger partial charge in [0.25, 0.3) is 5.91 Å². The molecule has 1 atom stereocenters. The molecule has 2 fully saturated rings. The van der Waals surface area contributed by atoms with E-state index in [1.54, 1.807) is 0 Å². The van der Waals surface area contributed by atoms with Gasteiger partial charge < -0.3 is 15.0 Å². The Hall–Kier alpha value is -1.55. The molecule has 0 saturated carbocycles. The molecule has 0 spiro atoms. The van der Waals surface area contributed by atoms with Crippen molar-refractivity contribution < 1.29 is 22.3 Å². The molecule has 9 heteroatoms. The van der Waals surface area contributed by atoms with E-state index in [2.05, 4.69) is 5.32 Å². The number of halogens is 1. The first-order valence-electron chi connectivity index (χ1n) is 9.31. The highest BCUT2D eigenvalue weighted by Gasteiger charge is 2.28. The number of nitrogens with one attached hydrogen (secondary N) is 1. The number of hydrogen-bond donors (Lipinski definition) is 1. The van der Waals surface area contributed by atoms with E-state index in [0.29, 0.717) is 44.9 Å². The summed E-state index contributed by atoms with van der Waals surface area (Å²) in [6.07, 6.45) is 1.69. The summed E-state index contributed by atoms with van der Waals surface area (Å²) in [5, 5.41) is 3.13. The third-order valence-corrected chi connectivity index (χ3v) is 6.77. The van der Waals surface area contributed by atoms with Crippen molar-refractivity contribution in [2.75, 3.05) is 51.6 Å². The van der Waals surface area contributed by atoms with Crippen LogP contribution in [0.25, 0.3) is 0 Å². The van der Waals surface area contributed by atoms with Gasteiger partial charge in [0.1, 0.15) is 5.82 Å². The summed E-state index contributed by atoms with van der Waals surface area (Å²) in [5.41, 5.74) is 0.342. The molecule has 1 aromatic carbocycles. The molecule has 2 aliphatic rings. The van der Waals surface area contributed by atoms with Gasteiger partial charge in [-0.2, -0.15) is 4.31 Å². The Morgan fingerprint density at radius 3 is 2.59 bits per heavy atom. The lowest BCUT2D eigenvalue weighted by Crippen LogP contribution is -2.49. The first-order chi connectivity index (χ1) is 13.0. The number of hydrogen-bond acceptors (Lipinski definition) is 5. The second-order valence-electron chi connectivity index (χ2n) is 6.86. The highest BCUT2D eigenvalue weighted by atomic mass is 32.2. The maximum absolute atomic E-state index is 13.2. The monoisotopic (exact) mass is 399 g/mol. The van der Waals surface area contributed by atoms with Crippen LogP contribution < -0.4 is 5.32 Å². The summed E-state index contributed by atoms with van der Waals surface area (Å²) >= 11 is 0. The van der Waals surface area contributed by atoms with Crippen LogP contribution in [-0.2, 0) is 14.8 Å². The molecule has 2 aliphatic heterocycles. The number of amides is 1. The van der Waals surface area contributed by atoms with Crippen LogP contribution in [0.2, 0.25) is 0 Å². The van der Waals surface area contributed by atoms with Crippen molar-refractivity contribution in [3.05, 3.63) is 35.6 Å². The predicted octanol–water partition coefficient (Wildman–Crippen LogP) is 0.682. The summed E-state index contributed by atoms with van der Waals surface area (Å²) in [5.74, 6) is -0.855. The molecular weight excluding hydrogens is 373 g/mol. The minimum absolute atomic E-state index is 0.0856. The maximum atomic E-state index is 13.2. The maximum Gasteiger partial charge on any atom is 0.253 e. The zero-order valence-corrected chi connectivity index (χ0v) is 16.1. The Morgan fingerprint density at radius 2 is 1.96 bits per heavy atom. The molecule has 1 amide bonds. The average Bonchev–Trinajstić information content (AvgIpc) is 3.19. The van der Waals surface area contributed by atoms with Gasteiger partial charge in [-0.3, -0.25) is 4.79 Å². The number of piperazine rings is 1. The van der Waals surface area contributed by atoms with Gasteiger partial charge in [0, 0.05) is 51.4 Å². The highest BCUT2D eigenvalue weighted by molar-refractivity contribution is 7.89. The van der Waals surface area contributed by atoms with Crippen LogP contribution in [0.15, 0.2) is 24.3 Å². The van der Waals surface area contributed by atoms with E-state index in [0.717, 1.165) is 12.8 Å². The van der Waals surface area contributed by atoms with Gasteiger partial charge in [-0.15, -0.1) is 0 Å². The number of carbonyl (C=O) groups excluding carboxylic acids is 1. The lowest BCUT2D eigenvalue weighted by Gasteiger charge is -2.29. The predicted molar refractivity (Wildman–Crippen MR) is 99.5 cm³/mol. The summed E-state index contributed by atoms with van der Waals surface area (Å²) < 4.78 is 45.5. The fourth-order valence-corrected chi connectivity index (χ4v) is 4.81. The van der Waals surface area contributed by atoms with Gasteiger partial charge in [-0.05, 0) is 37.1 Å². The molecule has 0 aliphatic carbocycles. The molecule has 1 N–H and O–H groups in total. The number of ether oxygens (including phenoxy) is 1. The highest BCUT2D eigenvalue weighted by Crippen LogP contribution is 2.16. The van der Waals surface area contributed by atoms with Crippen LogP contribution in [0.1, 0.15) is 23.2 Å². The van der Waals surface area contributed by atoms with Crippen LogP contribution >= 0.6 is 0 Å². The molecular formula is C18H26FN3O4S. The SMILES string of the molecule is O=C(c1ccc(F)cc1)N(CCS(=O)(=O)N1CCNCC1)CC1CCCO1. The fraction of sp³-hybridized carbons (Fsp3) is 0.611. The molecule has 150 valence electrons. The average molecular weight is 399 g/mol. The summed E-state index contributed by atoms with van der Waals surface area (Å²) in [4.78, 5) is 14.4. The van der Waals surface area contributed by atoms with Crippen molar-refractivity contribution in [2.45, 2.75) is 18.9 Å². The first kappa shape index (κ1) is 20.2. The van der Waals surface area contributed by atoms with E-state index >= 15 is 0 Å². The normalized spacial score (nSPS) is 21.3. The van der Waals surface area contributed by atoms with E-state index in [1.165, 1.54) is 33.5 Å². The second-order valence-corrected chi connectivity index (χ2v) is 8.95. The summed E-state index contributed by atoms with van der Waals surface area (Å²) in [6, 6.07) is 5.31. The lowest BCUT2D eigenvalue weighted by atomic mass is 10.1. The topological polar surface area (TPSA) is 79.0 Å². The van der Waals surface area contributed by atoms with E-state index in [9.17, 15) is 17.6 Å². The van der Waals surface area contributed by atoms with Crippen LogP contribution in [0.5, 0.6) is 0 Å². The van der Waals surface area contributed by atoms with Crippen LogP contribution in [-0.4, -0.2) is 81.3 Å². The lowest BCUT2D eigenvalue weighted by molar-refractivity contribution is 0.0540. The zero-order chi connectivity index (χ0) is 19.3. The Bertz CT molecular complexity index is 729. The molecule has 3 rings (SSSR count). The number of benzene rings is 1. The van der Waals surface area contributed by atoms with Crippen LogP contribution in [0.4, 0.5) is 4.39 Å². The van der Waals surface area contributed by atoms with E-state index in [4.69, 9.17) is 4.74 Å². The molecule has 27 heavy (non-hydrogen) atoms. The quantitative estimate of drug-likeness (QED) is 0.730. The summed E-state index contributed by atoms with van der Waals surface area (Å²) in [7, 11) is -3.44. The van der Waals surface area contributed by atoms with E-state index in [-0.39, 0.29) is 24.3 Å². The van der Waals surface area contributed by atoms with Crippen molar-refractivity contribution in [1.82, 2.24) is 14.5 Å². The Labute approximate surface area is 159 Å². The fourth-order valence-electron chi connectivity index (χ4n) is 3.36. The van der Waals surface area contributed by atoms with Gasteiger partial charge >= 0.3 is 0 Å². The molecule has 2 saturated heterocycles. The third-order valence-electron chi connectivity index (χ3n) is 4.91. The Kier molecular flexibility index (Phi) is 6.80. The van der Waals surface area contributed by atoms with Crippen molar-refractivity contribution >= 4 is 15.9 Å². The second kappa shape index (κ2) is 9.09. The Morgan fingerprint density at radius 1 is 1.26 bits per heavy atom.